The summed E-state index contributed by atoms with van der Waals surface area (Å²) in [5, 5.41) is 2.62. The van der Waals surface area contributed by atoms with Crippen LogP contribution in [0.2, 0.25) is 0 Å². The molecule has 0 fully saturated rings. The first kappa shape index (κ1) is 19.9. The fourth-order valence-electron chi connectivity index (χ4n) is 3.52. The first-order chi connectivity index (χ1) is 14.3. The summed E-state index contributed by atoms with van der Waals surface area (Å²) >= 11 is 0. The molecule has 0 spiro atoms. The number of methoxy groups -OCH3 is 1. The van der Waals surface area contributed by atoms with Crippen LogP contribution in [0.4, 0.5) is 29.3 Å². The number of hydrogen-bond acceptors (Lipinski definition) is 5. The van der Waals surface area contributed by atoms with Crippen LogP contribution in [-0.2, 0) is 17.4 Å². The van der Waals surface area contributed by atoms with Crippen LogP contribution in [0.5, 0.6) is 5.75 Å². The number of hydrogen-bond donors (Lipinski definition) is 1. The molecule has 0 aromatic heterocycles. The van der Waals surface area contributed by atoms with Crippen LogP contribution in [0.3, 0.4) is 0 Å². The molecule has 30 heavy (non-hydrogen) atoms. The Hall–Kier alpha value is -3.40. The number of amides is 2. The highest BCUT2D eigenvalue weighted by molar-refractivity contribution is 6.04. The fourth-order valence-corrected chi connectivity index (χ4v) is 3.52. The Balaban J connectivity index is 1.75. The third kappa shape index (κ3) is 3.50. The number of aryl methyl sites for hydroxylation is 1. The normalized spacial score (nSPS) is 15.2. The van der Waals surface area contributed by atoms with Crippen molar-refractivity contribution in [1.82, 2.24) is 10.7 Å². The van der Waals surface area contributed by atoms with Gasteiger partial charge in [-0.05, 0) is 54.3 Å². The molecule has 158 valence electrons. The second-order valence-corrected chi connectivity index (χ2v) is 6.85. The summed E-state index contributed by atoms with van der Waals surface area (Å²) in [6, 6.07) is 8.97. The molecule has 2 amide bonds. The maximum Gasteiger partial charge on any atom is 0.420 e. The SMILES string of the molecule is COc1cc2c(cc1C(F)(F)F)N(C(=O)N(c1cccc(C)c1)N1C=CON1)CC2. The van der Waals surface area contributed by atoms with E-state index in [4.69, 9.17) is 9.57 Å². The summed E-state index contributed by atoms with van der Waals surface area (Å²) in [4.78, 5) is 19.8. The standard InChI is InChI=1S/C20H19F3N4O3/c1-13-4-3-5-15(10-13)27(26-8-9-30-24-26)19(28)25-7-6-14-11-18(29-2)16(12-17(14)25)20(21,22)23/h3-5,8-12,24H,6-7H2,1-2H3. The number of ether oxygens (including phenoxy) is 1. The second-order valence-electron chi connectivity index (χ2n) is 6.85. The van der Waals surface area contributed by atoms with Crippen molar-refractivity contribution >= 4 is 17.4 Å². The molecular weight excluding hydrogens is 401 g/mol. The lowest BCUT2D eigenvalue weighted by Gasteiger charge is -2.33. The largest absolute Gasteiger partial charge is 0.496 e. The van der Waals surface area contributed by atoms with E-state index in [1.807, 2.05) is 13.0 Å². The van der Waals surface area contributed by atoms with Crippen molar-refractivity contribution in [2.24, 2.45) is 0 Å². The van der Waals surface area contributed by atoms with Crippen LogP contribution in [0, 0.1) is 6.92 Å². The van der Waals surface area contributed by atoms with E-state index in [1.54, 1.807) is 18.2 Å². The van der Waals surface area contributed by atoms with Crippen LogP contribution in [0.1, 0.15) is 16.7 Å². The van der Waals surface area contributed by atoms with Crippen molar-refractivity contribution in [3.63, 3.8) is 0 Å². The predicted molar refractivity (Wildman–Crippen MR) is 103 cm³/mol. The highest BCUT2D eigenvalue weighted by atomic mass is 19.4. The highest BCUT2D eigenvalue weighted by Gasteiger charge is 2.39. The number of fused-ring (bicyclic) bond motifs is 1. The summed E-state index contributed by atoms with van der Waals surface area (Å²) < 4.78 is 45.4. The average molecular weight is 420 g/mol. The minimum atomic E-state index is -4.61. The second kappa shape index (κ2) is 7.45. The Morgan fingerprint density at radius 2 is 2.07 bits per heavy atom. The number of nitrogens with one attached hydrogen (secondary N) is 1. The molecule has 2 aromatic carbocycles. The Bertz CT molecular complexity index is 1010. The zero-order chi connectivity index (χ0) is 21.5. The van der Waals surface area contributed by atoms with Gasteiger partial charge in [-0.1, -0.05) is 12.1 Å². The monoisotopic (exact) mass is 420 g/mol. The van der Waals surface area contributed by atoms with Crippen LogP contribution in [0.15, 0.2) is 48.9 Å². The minimum absolute atomic E-state index is 0.204. The van der Waals surface area contributed by atoms with E-state index in [9.17, 15) is 18.0 Å². The maximum absolute atomic E-state index is 13.5. The van der Waals surface area contributed by atoms with Gasteiger partial charge in [-0.15, -0.1) is 0 Å². The van der Waals surface area contributed by atoms with Crippen molar-refractivity contribution in [2.45, 2.75) is 19.5 Å². The quantitative estimate of drug-likeness (QED) is 0.809. The van der Waals surface area contributed by atoms with E-state index in [1.165, 1.54) is 40.7 Å². The Kier molecular flexibility index (Phi) is 4.94. The molecule has 0 bridgehead atoms. The van der Waals surface area contributed by atoms with Gasteiger partial charge in [0.2, 0.25) is 0 Å². The number of alkyl halides is 3. The molecule has 4 rings (SSSR count). The number of halogens is 3. The molecule has 0 saturated carbocycles. The van der Waals surface area contributed by atoms with Crippen LogP contribution in [-0.4, -0.2) is 24.8 Å². The van der Waals surface area contributed by atoms with Crippen molar-refractivity contribution in [3.05, 3.63) is 65.6 Å². The van der Waals surface area contributed by atoms with Gasteiger partial charge in [-0.3, -0.25) is 4.90 Å². The maximum atomic E-state index is 13.5. The molecule has 2 aliphatic rings. The van der Waals surface area contributed by atoms with Crippen molar-refractivity contribution < 1.29 is 27.5 Å². The molecule has 10 heteroatoms. The molecular formula is C20H19F3N4O3. The number of benzene rings is 2. The van der Waals surface area contributed by atoms with Crippen molar-refractivity contribution in [2.75, 3.05) is 23.6 Å². The van der Waals surface area contributed by atoms with Gasteiger partial charge in [-0.25, -0.2) is 4.79 Å². The topological polar surface area (TPSA) is 57.3 Å². The summed E-state index contributed by atoms with van der Waals surface area (Å²) in [6.45, 7) is 2.11. The van der Waals surface area contributed by atoms with Crippen molar-refractivity contribution in [1.29, 1.82) is 0 Å². The summed E-state index contributed by atoms with van der Waals surface area (Å²) in [6.07, 6.45) is -1.36. The summed E-state index contributed by atoms with van der Waals surface area (Å²) in [5.74, 6) is -0.261. The van der Waals surface area contributed by atoms with E-state index in [2.05, 4.69) is 5.59 Å². The van der Waals surface area contributed by atoms with Gasteiger partial charge in [0.25, 0.3) is 0 Å². The van der Waals surface area contributed by atoms with E-state index in [-0.39, 0.29) is 18.0 Å². The molecule has 7 nitrogen and oxygen atoms in total. The predicted octanol–water partition coefficient (Wildman–Crippen LogP) is 4.15. The molecule has 2 aliphatic heterocycles. The third-order valence-corrected chi connectivity index (χ3v) is 4.89. The zero-order valence-corrected chi connectivity index (χ0v) is 16.2. The molecule has 0 radical (unpaired) electrons. The number of anilines is 2. The summed E-state index contributed by atoms with van der Waals surface area (Å²) in [5.41, 5.74) is 3.89. The van der Waals surface area contributed by atoms with Gasteiger partial charge < -0.3 is 9.57 Å². The smallest absolute Gasteiger partial charge is 0.420 e. The number of carbonyl (C=O) groups is 1. The first-order valence-electron chi connectivity index (χ1n) is 9.13. The Labute approximate surface area is 170 Å². The molecule has 1 N–H and O–H groups in total. The van der Waals surface area contributed by atoms with Crippen molar-refractivity contribution in [3.8, 4) is 5.75 Å². The highest BCUT2D eigenvalue weighted by Crippen LogP contribution is 2.42. The zero-order valence-electron chi connectivity index (χ0n) is 16.2. The number of carbonyl (C=O) groups excluding carboxylic acids is 1. The Morgan fingerprint density at radius 1 is 1.27 bits per heavy atom. The number of urea groups is 1. The van der Waals surface area contributed by atoms with Gasteiger partial charge in [0.1, 0.15) is 12.0 Å². The van der Waals surface area contributed by atoms with Gasteiger partial charge in [0.05, 0.1) is 24.6 Å². The van der Waals surface area contributed by atoms with Gasteiger partial charge in [-0.2, -0.15) is 23.3 Å². The fraction of sp³-hybridized carbons (Fsp3) is 0.250. The minimum Gasteiger partial charge on any atom is -0.496 e. The molecule has 0 saturated heterocycles. The van der Waals surface area contributed by atoms with Gasteiger partial charge >= 0.3 is 12.2 Å². The molecule has 2 aromatic rings. The van der Waals surface area contributed by atoms with E-state index >= 15 is 0 Å². The number of rotatable bonds is 3. The molecule has 0 unspecified atom stereocenters. The van der Waals surface area contributed by atoms with Crippen LogP contribution >= 0.6 is 0 Å². The Morgan fingerprint density at radius 3 is 2.70 bits per heavy atom. The summed E-state index contributed by atoms with van der Waals surface area (Å²) in [7, 11) is 1.19. The van der Waals surface area contributed by atoms with E-state index in [0.29, 0.717) is 17.7 Å². The lowest BCUT2D eigenvalue weighted by molar-refractivity contribution is -0.138. The van der Waals surface area contributed by atoms with E-state index < -0.39 is 17.8 Å². The van der Waals surface area contributed by atoms with Gasteiger partial charge in [0, 0.05) is 12.2 Å². The average Bonchev–Trinajstić information content (AvgIpc) is 3.36. The molecule has 0 aliphatic carbocycles. The van der Waals surface area contributed by atoms with Crippen LogP contribution < -0.4 is 20.2 Å². The number of nitrogens with zero attached hydrogens (tertiary/aromatic N) is 3. The van der Waals surface area contributed by atoms with E-state index in [0.717, 1.165) is 11.6 Å². The van der Waals surface area contributed by atoms with Crippen LogP contribution in [0.25, 0.3) is 0 Å². The lowest BCUT2D eigenvalue weighted by atomic mass is 10.1. The number of hydrazine groups is 2. The molecule has 2 heterocycles. The third-order valence-electron chi connectivity index (χ3n) is 4.89. The first-order valence-corrected chi connectivity index (χ1v) is 9.13. The molecule has 0 atom stereocenters. The van der Waals surface area contributed by atoms with Gasteiger partial charge in [0.15, 0.2) is 0 Å². The lowest BCUT2D eigenvalue weighted by Crippen LogP contribution is -2.53.